The smallest absolute Gasteiger partial charge is 0.230 e. The molecule has 3 rings (SSSR count). The summed E-state index contributed by atoms with van der Waals surface area (Å²) >= 11 is 0. The van der Waals surface area contributed by atoms with E-state index in [2.05, 4.69) is 12.1 Å². The lowest BCUT2D eigenvalue weighted by Gasteiger charge is -2.08. The summed E-state index contributed by atoms with van der Waals surface area (Å²) in [6.45, 7) is 3.97. The van der Waals surface area contributed by atoms with Crippen molar-refractivity contribution < 1.29 is 9.36 Å². The number of Topliss-reactive ketones (excluding diaryl/α,β-unsaturated/α-hetero) is 1. The standard InChI is InChI=1S/C21H20NO/c1-16-12-14-22(15-13-16)17(2)21(23)20-10-8-19(9-11-20)18-6-4-3-5-7-18/h3-15,17H,1-2H3/q+1/t17-/m1/s1. The molecular formula is C21H20NO+. The number of rotatable bonds is 4. The van der Waals surface area contributed by atoms with Crippen LogP contribution in [0.15, 0.2) is 79.1 Å². The Labute approximate surface area is 137 Å². The summed E-state index contributed by atoms with van der Waals surface area (Å²) in [6.07, 6.45) is 3.91. The molecule has 0 N–H and O–H groups in total. The molecule has 0 radical (unpaired) electrons. The second-order valence-corrected chi connectivity index (χ2v) is 5.81. The summed E-state index contributed by atoms with van der Waals surface area (Å²) in [7, 11) is 0. The van der Waals surface area contributed by atoms with Gasteiger partial charge in [-0.25, -0.2) is 0 Å². The maximum Gasteiger partial charge on any atom is 0.230 e. The van der Waals surface area contributed by atoms with Crippen LogP contribution in [-0.2, 0) is 0 Å². The molecule has 0 amide bonds. The van der Waals surface area contributed by atoms with Gasteiger partial charge in [0.1, 0.15) is 0 Å². The van der Waals surface area contributed by atoms with Crippen molar-refractivity contribution in [3.63, 3.8) is 0 Å². The second-order valence-electron chi connectivity index (χ2n) is 5.81. The number of pyridine rings is 1. The lowest BCUT2D eigenvalue weighted by Crippen LogP contribution is -2.41. The number of benzene rings is 2. The minimum absolute atomic E-state index is 0.124. The Balaban J connectivity index is 1.81. The van der Waals surface area contributed by atoms with E-state index in [9.17, 15) is 4.79 Å². The first-order chi connectivity index (χ1) is 11.1. The topological polar surface area (TPSA) is 20.9 Å². The summed E-state index contributed by atoms with van der Waals surface area (Å²) in [6, 6.07) is 21.8. The third-order valence-electron chi connectivity index (χ3n) is 4.12. The van der Waals surface area contributed by atoms with Gasteiger partial charge >= 0.3 is 0 Å². The molecular weight excluding hydrogens is 282 g/mol. The predicted octanol–water partition coefficient (Wildman–Crippen LogP) is 4.39. The Bertz CT molecular complexity index is 790. The number of aryl methyl sites for hydroxylation is 1. The molecule has 0 spiro atoms. The van der Waals surface area contributed by atoms with E-state index in [4.69, 9.17) is 0 Å². The molecule has 23 heavy (non-hydrogen) atoms. The SMILES string of the molecule is Cc1cc[n+]([C@H](C)C(=O)c2ccc(-c3ccccc3)cc2)cc1. The molecule has 2 nitrogen and oxygen atoms in total. The average molecular weight is 302 g/mol. The molecule has 1 aromatic heterocycles. The molecule has 1 atom stereocenters. The Morgan fingerprint density at radius 2 is 1.39 bits per heavy atom. The number of hydrogen-bond acceptors (Lipinski definition) is 1. The van der Waals surface area contributed by atoms with E-state index in [1.165, 1.54) is 5.56 Å². The Morgan fingerprint density at radius 3 is 2.00 bits per heavy atom. The molecule has 0 aliphatic rings. The molecule has 0 fully saturated rings. The number of ketones is 1. The number of aromatic nitrogens is 1. The first-order valence-corrected chi connectivity index (χ1v) is 7.82. The molecule has 0 saturated carbocycles. The van der Waals surface area contributed by atoms with Crippen molar-refractivity contribution in [1.29, 1.82) is 0 Å². The largest absolute Gasteiger partial charge is 0.287 e. The first-order valence-electron chi connectivity index (χ1n) is 7.82. The van der Waals surface area contributed by atoms with Gasteiger partial charge in [0.15, 0.2) is 12.4 Å². The summed E-state index contributed by atoms with van der Waals surface area (Å²) in [5.74, 6) is 0.124. The third-order valence-corrected chi connectivity index (χ3v) is 4.12. The van der Waals surface area contributed by atoms with Crippen LogP contribution in [-0.4, -0.2) is 5.78 Å². The van der Waals surface area contributed by atoms with Crippen LogP contribution in [0.4, 0.5) is 0 Å². The molecule has 0 saturated heterocycles. The van der Waals surface area contributed by atoms with Crippen molar-refractivity contribution in [3.05, 3.63) is 90.3 Å². The van der Waals surface area contributed by atoms with Crippen LogP contribution >= 0.6 is 0 Å². The lowest BCUT2D eigenvalue weighted by atomic mass is 10.00. The van der Waals surface area contributed by atoms with Crippen molar-refractivity contribution in [2.75, 3.05) is 0 Å². The van der Waals surface area contributed by atoms with E-state index < -0.39 is 0 Å². The molecule has 2 aromatic carbocycles. The zero-order valence-corrected chi connectivity index (χ0v) is 13.4. The van der Waals surface area contributed by atoms with Crippen molar-refractivity contribution >= 4 is 5.78 Å². The fraction of sp³-hybridized carbons (Fsp3) is 0.143. The Hall–Kier alpha value is -2.74. The number of carbonyl (C=O) groups is 1. The Morgan fingerprint density at radius 1 is 0.826 bits per heavy atom. The maximum atomic E-state index is 12.7. The van der Waals surface area contributed by atoms with E-state index in [0.717, 1.165) is 16.7 Å². The summed E-state index contributed by atoms with van der Waals surface area (Å²) in [4.78, 5) is 12.7. The number of nitrogens with zero attached hydrogens (tertiary/aromatic N) is 1. The fourth-order valence-corrected chi connectivity index (χ4v) is 2.60. The van der Waals surface area contributed by atoms with Crippen LogP contribution < -0.4 is 4.57 Å². The van der Waals surface area contributed by atoms with Gasteiger partial charge in [-0.3, -0.25) is 4.79 Å². The highest BCUT2D eigenvalue weighted by Gasteiger charge is 2.23. The van der Waals surface area contributed by atoms with E-state index in [1.54, 1.807) is 0 Å². The van der Waals surface area contributed by atoms with Crippen molar-refractivity contribution in [2.24, 2.45) is 0 Å². The van der Waals surface area contributed by atoms with Gasteiger partial charge in [-0.1, -0.05) is 54.6 Å². The van der Waals surface area contributed by atoms with Crippen LogP contribution in [0, 0.1) is 6.92 Å². The summed E-state index contributed by atoms with van der Waals surface area (Å²) in [5.41, 5.74) is 4.21. The summed E-state index contributed by atoms with van der Waals surface area (Å²) in [5, 5.41) is 0. The third kappa shape index (κ3) is 3.37. The Kier molecular flexibility index (Phi) is 4.33. The quantitative estimate of drug-likeness (QED) is 0.517. The molecule has 0 unspecified atom stereocenters. The maximum absolute atomic E-state index is 12.7. The highest BCUT2D eigenvalue weighted by atomic mass is 16.1. The van der Waals surface area contributed by atoms with Crippen LogP contribution in [0.3, 0.4) is 0 Å². The number of carbonyl (C=O) groups excluding carboxylic acids is 1. The van der Waals surface area contributed by atoms with Gasteiger partial charge in [0.05, 0.1) is 0 Å². The van der Waals surface area contributed by atoms with E-state index in [-0.39, 0.29) is 11.8 Å². The minimum atomic E-state index is -0.210. The van der Waals surface area contributed by atoms with Crippen LogP contribution in [0.25, 0.3) is 11.1 Å². The van der Waals surface area contributed by atoms with Crippen molar-refractivity contribution in [3.8, 4) is 11.1 Å². The fourth-order valence-electron chi connectivity index (χ4n) is 2.60. The zero-order chi connectivity index (χ0) is 16.2. The average Bonchev–Trinajstić information content (AvgIpc) is 2.62. The molecule has 1 heterocycles. The molecule has 3 aromatic rings. The first kappa shape index (κ1) is 15.2. The molecule has 2 heteroatoms. The monoisotopic (exact) mass is 302 g/mol. The second kappa shape index (κ2) is 6.57. The van der Waals surface area contributed by atoms with Gasteiger partial charge in [-0.2, -0.15) is 4.57 Å². The van der Waals surface area contributed by atoms with Gasteiger partial charge in [-0.15, -0.1) is 0 Å². The zero-order valence-electron chi connectivity index (χ0n) is 13.4. The van der Waals surface area contributed by atoms with Gasteiger partial charge in [0.25, 0.3) is 0 Å². The minimum Gasteiger partial charge on any atom is -0.287 e. The lowest BCUT2D eigenvalue weighted by molar-refractivity contribution is -0.704. The normalized spacial score (nSPS) is 11.9. The highest BCUT2D eigenvalue weighted by Crippen LogP contribution is 2.20. The van der Waals surface area contributed by atoms with Gasteiger partial charge in [0, 0.05) is 24.6 Å². The van der Waals surface area contributed by atoms with E-state index in [1.807, 2.05) is 85.4 Å². The van der Waals surface area contributed by atoms with Gasteiger partial charge in [0.2, 0.25) is 11.8 Å². The van der Waals surface area contributed by atoms with Crippen molar-refractivity contribution in [2.45, 2.75) is 19.9 Å². The molecule has 0 aliphatic heterocycles. The molecule has 0 bridgehead atoms. The van der Waals surface area contributed by atoms with Crippen LogP contribution in [0.2, 0.25) is 0 Å². The van der Waals surface area contributed by atoms with E-state index >= 15 is 0 Å². The van der Waals surface area contributed by atoms with Gasteiger partial charge < -0.3 is 0 Å². The predicted molar refractivity (Wildman–Crippen MR) is 92.3 cm³/mol. The number of hydrogen-bond donors (Lipinski definition) is 0. The van der Waals surface area contributed by atoms with Crippen molar-refractivity contribution in [1.82, 2.24) is 0 Å². The van der Waals surface area contributed by atoms with Crippen LogP contribution in [0.5, 0.6) is 0 Å². The van der Waals surface area contributed by atoms with E-state index in [0.29, 0.717) is 0 Å². The van der Waals surface area contributed by atoms with Gasteiger partial charge in [-0.05, 0) is 23.6 Å². The summed E-state index contributed by atoms with van der Waals surface area (Å²) < 4.78 is 1.94. The molecule has 114 valence electrons. The molecule has 0 aliphatic carbocycles. The van der Waals surface area contributed by atoms with Crippen LogP contribution in [0.1, 0.15) is 28.9 Å². The highest BCUT2D eigenvalue weighted by molar-refractivity contribution is 5.98.